The predicted octanol–water partition coefficient (Wildman–Crippen LogP) is 2.64. The van der Waals surface area contributed by atoms with Gasteiger partial charge in [0.2, 0.25) is 0 Å². The maximum atomic E-state index is 11.6. The maximum absolute atomic E-state index is 11.6. The first-order chi connectivity index (χ1) is 7.77. The van der Waals surface area contributed by atoms with Crippen molar-refractivity contribution in [3.8, 4) is 5.75 Å². The third kappa shape index (κ3) is 1.60. The Morgan fingerprint density at radius 2 is 1.75 bits per heavy atom. The van der Waals surface area contributed by atoms with E-state index >= 15 is 0 Å². The Bertz CT molecular complexity index is 526. The Morgan fingerprint density at radius 3 is 2.38 bits per heavy atom. The van der Waals surface area contributed by atoms with Gasteiger partial charge in [-0.1, -0.05) is 24.3 Å². The standard InChI is InChI=1S/C13H12O3/c1-15-11-8-4-6-9-5-3-7-10(12(9)11)13(14)16-2/h3-8H,1-2H3. The van der Waals surface area contributed by atoms with Crippen molar-refractivity contribution in [2.24, 2.45) is 0 Å². The van der Waals surface area contributed by atoms with Crippen molar-refractivity contribution in [3.05, 3.63) is 42.0 Å². The van der Waals surface area contributed by atoms with Crippen LogP contribution in [0.3, 0.4) is 0 Å². The summed E-state index contributed by atoms with van der Waals surface area (Å²) in [5.41, 5.74) is 0.525. The van der Waals surface area contributed by atoms with Crippen LogP contribution in [0.1, 0.15) is 10.4 Å². The van der Waals surface area contributed by atoms with Gasteiger partial charge in [-0.05, 0) is 17.5 Å². The lowest BCUT2D eigenvalue weighted by molar-refractivity contribution is 0.0603. The second-order valence-corrected chi connectivity index (χ2v) is 3.36. The van der Waals surface area contributed by atoms with E-state index in [1.54, 1.807) is 13.2 Å². The summed E-state index contributed by atoms with van der Waals surface area (Å²) >= 11 is 0. The van der Waals surface area contributed by atoms with Crippen molar-refractivity contribution in [2.75, 3.05) is 14.2 Å². The third-order valence-electron chi connectivity index (χ3n) is 2.49. The van der Waals surface area contributed by atoms with Gasteiger partial charge in [-0.2, -0.15) is 0 Å². The number of benzene rings is 2. The quantitative estimate of drug-likeness (QED) is 0.724. The van der Waals surface area contributed by atoms with Crippen molar-refractivity contribution in [3.63, 3.8) is 0 Å². The SMILES string of the molecule is COC(=O)c1cccc2cccc(OC)c12. The minimum Gasteiger partial charge on any atom is -0.496 e. The second-order valence-electron chi connectivity index (χ2n) is 3.36. The van der Waals surface area contributed by atoms with Crippen LogP contribution in [0.15, 0.2) is 36.4 Å². The summed E-state index contributed by atoms with van der Waals surface area (Å²) in [5, 5.41) is 1.75. The summed E-state index contributed by atoms with van der Waals surface area (Å²) in [5.74, 6) is 0.327. The van der Waals surface area contributed by atoms with Gasteiger partial charge >= 0.3 is 5.97 Å². The van der Waals surface area contributed by atoms with E-state index in [-0.39, 0.29) is 5.97 Å². The molecule has 0 unspecified atom stereocenters. The lowest BCUT2D eigenvalue weighted by Gasteiger charge is -2.08. The number of esters is 1. The van der Waals surface area contributed by atoms with Crippen LogP contribution in [-0.2, 0) is 4.74 Å². The molecule has 0 amide bonds. The molecule has 0 heterocycles. The molecule has 0 radical (unpaired) electrons. The first-order valence-electron chi connectivity index (χ1n) is 4.92. The lowest BCUT2D eigenvalue weighted by atomic mass is 10.0. The van der Waals surface area contributed by atoms with Gasteiger partial charge in [0.05, 0.1) is 19.8 Å². The number of ether oxygens (including phenoxy) is 2. The molecule has 0 saturated heterocycles. The monoisotopic (exact) mass is 216 g/mol. The summed E-state index contributed by atoms with van der Waals surface area (Å²) < 4.78 is 10.0. The molecule has 0 aliphatic carbocycles. The largest absolute Gasteiger partial charge is 0.496 e. The zero-order valence-corrected chi connectivity index (χ0v) is 9.19. The van der Waals surface area contributed by atoms with Crippen molar-refractivity contribution < 1.29 is 14.3 Å². The molecule has 0 bridgehead atoms. The van der Waals surface area contributed by atoms with Gasteiger partial charge < -0.3 is 9.47 Å². The lowest BCUT2D eigenvalue weighted by Crippen LogP contribution is -2.02. The van der Waals surface area contributed by atoms with Gasteiger partial charge in [0, 0.05) is 5.39 Å². The zero-order valence-electron chi connectivity index (χ0n) is 9.19. The highest BCUT2D eigenvalue weighted by Crippen LogP contribution is 2.29. The molecule has 3 heteroatoms. The molecule has 0 fully saturated rings. The van der Waals surface area contributed by atoms with Crippen LogP contribution in [-0.4, -0.2) is 20.2 Å². The van der Waals surface area contributed by atoms with E-state index in [0.29, 0.717) is 11.3 Å². The number of rotatable bonds is 2. The molecular weight excluding hydrogens is 204 g/mol. The molecule has 16 heavy (non-hydrogen) atoms. The van der Waals surface area contributed by atoms with Gasteiger partial charge in [0.15, 0.2) is 0 Å². The minimum absolute atomic E-state index is 0.352. The Morgan fingerprint density at radius 1 is 1.06 bits per heavy atom. The maximum Gasteiger partial charge on any atom is 0.338 e. The van der Waals surface area contributed by atoms with E-state index in [1.165, 1.54) is 7.11 Å². The smallest absolute Gasteiger partial charge is 0.338 e. The van der Waals surface area contributed by atoms with E-state index in [4.69, 9.17) is 9.47 Å². The van der Waals surface area contributed by atoms with Crippen molar-refractivity contribution in [2.45, 2.75) is 0 Å². The van der Waals surface area contributed by atoms with Gasteiger partial charge in [0.1, 0.15) is 5.75 Å². The number of carbonyl (C=O) groups excluding carboxylic acids is 1. The fourth-order valence-corrected chi connectivity index (χ4v) is 1.76. The highest BCUT2D eigenvalue weighted by Gasteiger charge is 2.13. The molecule has 2 rings (SSSR count). The molecule has 0 N–H and O–H groups in total. The highest BCUT2D eigenvalue weighted by atomic mass is 16.5. The number of carbonyl (C=O) groups is 1. The van der Waals surface area contributed by atoms with Crippen LogP contribution in [0, 0.1) is 0 Å². The predicted molar refractivity (Wildman–Crippen MR) is 61.8 cm³/mol. The Kier molecular flexibility index (Phi) is 2.77. The van der Waals surface area contributed by atoms with Crippen LogP contribution in [0.4, 0.5) is 0 Å². The van der Waals surface area contributed by atoms with Crippen LogP contribution in [0.25, 0.3) is 10.8 Å². The average Bonchev–Trinajstić information content (AvgIpc) is 2.36. The molecule has 0 atom stereocenters. The number of hydrogen-bond acceptors (Lipinski definition) is 3. The summed E-state index contributed by atoms with van der Waals surface area (Å²) in [4.78, 5) is 11.6. The van der Waals surface area contributed by atoms with Crippen molar-refractivity contribution in [1.29, 1.82) is 0 Å². The van der Waals surface area contributed by atoms with Gasteiger partial charge in [-0.3, -0.25) is 0 Å². The topological polar surface area (TPSA) is 35.5 Å². The third-order valence-corrected chi connectivity index (χ3v) is 2.49. The fraction of sp³-hybridized carbons (Fsp3) is 0.154. The number of hydrogen-bond donors (Lipinski definition) is 0. The van der Waals surface area contributed by atoms with Gasteiger partial charge in [0.25, 0.3) is 0 Å². The molecule has 0 saturated carbocycles. The summed E-state index contributed by atoms with van der Waals surface area (Å²) in [7, 11) is 2.96. The summed E-state index contributed by atoms with van der Waals surface area (Å²) in [6, 6.07) is 11.1. The van der Waals surface area contributed by atoms with E-state index in [0.717, 1.165) is 10.8 Å². The van der Waals surface area contributed by atoms with Crippen LogP contribution >= 0.6 is 0 Å². The fourth-order valence-electron chi connectivity index (χ4n) is 1.76. The average molecular weight is 216 g/mol. The molecule has 2 aromatic carbocycles. The van der Waals surface area contributed by atoms with E-state index in [9.17, 15) is 4.79 Å². The van der Waals surface area contributed by atoms with Crippen molar-refractivity contribution in [1.82, 2.24) is 0 Å². The molecular formula is C13H12O3. The second kappa shape index (κ2) is 4.23. The van der Waals surface area contributed by atoms with Crippen LogP contribution < -0.4 is 4.74 Å². The summed E-state index contributed by atoms with van der Waals surface area (Å²) in [6.45, 7) is 0. The van der Waals surface area contributed by atoms with E-state index in [2.05, 4.69) is 0 Å². The minimum atomic E-state index is -0.352. The van der Waals surface area contributed by atoms with Crippen LogP contribution in [0.2, 0.25) is 0 Å². The molecule has 0 aromatic heterocycles. The van der Waals surface area contributed by atoms with E-state index < -0.39 is 0 Å². The first-order valence-corrected chi connectivity index (χ1v) is 4.92. The Labute approximate surface area is 93.6 Å². The number of fused-ring (bicyclic) bond motifs is 1. The molecule has 0 aliphatic rings. The number of methoxy groups -OCH3 is 2. The molecule has 2 aromatic rings. The van der Waals surface area contributed by atoms with Crippen LogP contribution in [0.5, 0.6) is 5.75 Å². The molecule has 0 aliphatic heterocycles. The Balaban J connectivity index is 2.78. The zero-order chi connectivity index (χ0) is 11.5. The summed E-state index contributed by atoms with van der Waals surface area (Å²) in [6.07, 6.45) is 0. The first kappa shape index (κ1) is 10.5. The van der Waals surface area contributed by atoms with Gasteiger partial charge in [-0.25, -0.2) is 4.79 Å². The normalized spacial score (nSPS) is 10.1. The molecule has 0 spiro atoms. The van der Waals surface area contributed by atoms with Gasteiger partial charge in [-0.15, -0.1) is 0 Å². The molecule has 3 nitrogen and oxygen atoms in total. The van der Waals surface area contributed by atoms with E-state index in [1.807, 2.05) is 30.3 Å². The molecule has 82 valence electrons. The van der Waals surface area contributed by atoms with Crippen molar-refractivity contribution >= 4 is 16.7 Å². The Hall–Kier alpha value is -2.03. The highest BCUT2D eigenvalue weighted by molar-refractivity contribution is 6.07.